The second-order valence-corrected chi connectivity index (χ2v) is 5.63. The Bertz CT molecular complexity index is 340. The van der Waals surface area contributed by atoms with E-state index in [-0.39, 0.29) is 16.2 Å². The van der Waals surface area contributed by atoms with Gasteiger partial charge in [0.25, 0.3) is 0 Å². The van der Waals surface area contributed by atoms with E-state index in [0.29, 0.717) is 11.8 Å². The van der Waals surface area contributed by atoms with Crippen molar-refractivity contribution >= 4 is 23.2 Å². The molecule has 0 fully saturated rings. The van der Waals surface area contributed by atoms with Crippen LogP contribution in [0.25, 0.3) is 0 Å². The molecule has 0 spiro atoms. The molecule has 3 heteroatoms. The Morgan fingerprint density at radius 3 is 2.31 bits per heavy atom. The normalized spacial score (nSPS) is 15.2. The third-order valence-corrected chi connectivity index (χ3v) is 3.51. The number of alkyl halides is 1. The first-order valence-corrected chi connectivity index (χ1v) is 6.31. The number of hydrogen-bond acceptors (Lipinski definition) is 0. The van der Waals surface area contributed by atoms with Crippen LogP contribution in [0.4, 0.5) is 4.39 Å². The molecule has 0 N–H and O–H groups in total. The molecule has 1 aromatic rings. The molecular weight excluding hydrogens is 246 g/mol. The average Bonchev–Trinajstić information content (AvgIpc) is 2.18. The maximum atomic E-state index is 13.0. The Hall–Kier alpha value is -0.270. The van der Waals surface area contributed by atoms with Gasteiger partial charge >= 0.3 is 0 Å². The fourth-order valence-corrected chi connectivity index (χ4v) is 2.45. The molecule has 90 valence electrons. The van der Waals surface area contributed by atoms with Crippen molar-refractivity contribution in [3.63, 3.8) is 0 Å². The summed E-state index contributed by atoms with van der Waals surface area (Å²) in [4.78, 5) is 0. The van der Waals surface area contributed by atoms with Crippen molar-refractivity contribution in [3.8, 4) is 0 Å². The molecule has 0 amide bonds. The fraction of sp³-hybridized carbons (Fsp3) is 0.538. The van der Waals surface area contributed by atoms with Crippen molar-refractivity contribution in [1.82, 2.24) is 0 Å². The SMILES string of the molecule is CC(C)C(Cc1ccc(F)c(Cl)c1)C(C)Cl. The van der Waals surface area contributed by atoms with Gasteiger partial charge < -0.3 is 0 Å². The second-order valence-electron chi connectivity index (χ2n) is 4.54. The van der Waals surface area contributed by atoms with E-state index in [0.717, 1.165) is 12.0 Å². The third-order valence-electron chi connectivity index (χ3n) is 2.90. The summed E-state index contributed by atoms with van der Waals surface area (Å²) in [6, 6.07) is 4.87. The van der Waals surface area contributed by atoms with Gasteiger partial charge in [-0.25, -0.2) is 4.39 Å². The molecule has 2 atom stereocenters. The maximum Gasteiger partial charge on any atom is 0.141 e. The van der Waals surface area contributed by atoms with Crippen LogP contribution in [-0.2, 0) is 6.42 Å². The van der Waals surface area contributed by atoms with Crippen molar-refractivity contribution in [1.29, 1.82) is 0 Å². The zero-order chi connectivity index (χ0) is 12.3. The van der Waals surface area contributed by atoms with Crippen molar-refractivity contribution in [2.75, 3.05) is 0 Å². The minimum Gasteiger partial charge on any atom is -0.205 e. The van der Waals surface area contributed by atoms with Gasteiger partial charge in [-0.1, -0.05) is 31.5 Å². The Morgan fingerprint density at radius 2 is 1.88 bits per heavy atom. The van der Waals surface area contributed by atoms with Gasteiger partial charge in [-0.15, -0.1) is 11.6 Å². The van der Waals surface area contributed by atoms with Crippen molar-refractivity contribution in [2.45, 2.75) is 32.6 Å². The van der Waals surface area contributed by atoms with Crippen LogP contribution in [0.5, 0.6) is 0 Å². The van der Waals surface area contributed by atoms with Gasteiger partial charge in [0.2, 0.25) is 0 Å². The van der Waals surface area contributed by atoms with Gasteiger partial charge in [0.1, 0.15) is 5.82 Å². The molecule has 1 rings (SSSR count). The van der Waals surface area contributed by atoms with Crippen LogP contribution in [0.15, 0.2) is 18.2 Å². The summed E-state index contributed by atoms with van der Waals surface area (Å²) in [5.74, 6) is 0.505. The van der Waals surface area contributed by atoms with Gasteiger partial charge in [0.05, 0.1) is 5.02 Å². The molecule has 0 aliphatic carbocycles. The van der Waals surface area contributed by atoms with Crippen LogP contribution in [0.1, 0.15) is 26.3 Å². The molecule has 0 radical (unpaired) electrons. The largest absolute Gasteiger partial charge is 0.205 e. The minimum atomic E-state index is -0.370. The molecule has 0 heterocycles. The smallest absolute Gasteiger partial charge is 0.141 e. The molecule has 0 aliphatic heterocycles. The van der Waals surface area contributed by atoms with E-state index in [1.807, 2.05) is 6.92 Å². The van der Waals surface area contributed by atoms with E-state index >= 15 is 0 Å². The lowest BCUT2D eigenvalue weighted by Gasteiger charge is -2.23. The minimum absolute atomic E-state index is 0.101. The highest BCUT2D eigenvalue weighted by Gasteiger charge is 2.19. The molecule has 0 saturated carbocycles. The van der Waals surface area contributed by atoms with Gasteiger partial charge in [0.15, 0.2) is 0 Å². The Labute approximate surface area is 107 Å². The first kappa shape index (κ1) is 13.8. The Morgan fingerprint density at radius 1 is 1.25 bits per heavy atom. The Kier molecular flexibility index (Phi) is 5.07. The Balaban J connectivity index is 2.81. The zero-order valence-corrected chi connectivity index (χ0v) is 11.3. The molecular formula is C13H17Cl2F. The summed E-state index contributed by atoms with van der Waals surface area (Å²) in [6.45, 7) is 6.29. The molecule has 0 nitrogen and oxygen atoms in total. The van der Waals surface area contributed by atoms with Crippen molar-refractivity contribution in [3.05, 3.63) is 34.6 Å². The van der Waals surface area contributed by atoms with Crippen LogP contribution in [0, 0.1) is 17.7 Å². The molecule has 16 heavy (non-hydrogen) atoms. The lowest BCUT2D eigenvalue weighted by Crippen LogP contribution is -2.20. The molecule has 0 saturated heterocycles. The highest BCUT2D eigenvalue weighted by atomic mass is 35.5. The van der Waals surface area contributed by atoms with E-state index in [1.54, 1.807) is 12.1 Å². The lowest BCUT2D eigenvalue weighted by molar-refractivity contribution is 0.376. The van der Waals surface area contributed by atoms with Gasteiger partial charge in [-0.05, 0) is 42.9 Å². The molecule has 0 bridgehead atoms. The number of benzene rings is 1. The summed E-state index contributed by atoms with van der Waals surface area (Å²) in [5, 5.41) is 0.283. The summed E-state index contributed by atoms with van der Waals surface area (Å²) in [5.41, 5.74) is 1.04. The van der Waals surface area contributed by atoms with Crippen LogP contribution >= 0.6 is 23.2 Å². The number of halogens is 3. The highest BCUT2D eigenvalue weighted by molar-refractivity contribution is 6.30. The first-order chi connectivity index (χ1) is 7.41. The second kappa shape index (κ2) is 5.88. The molecule has 0 aliphatic rings. The van der Waals surface area contributed by atoms with E-state index < -0.39 is 0 Å². The summed E-state index contributed by atoms with van der Waals surface area (Å²) in [7, 11) is 0. The van der Waals surface area contributed by atoms with Crippen LogP contribution in [-0.4, -0.2) is 5.38 Å². The standard InChI is InChI=1S/C13H17Cl2F/c1-8(2)11(9(3)14)6-10-4-5-13(16)12(15)7-10/h4-5,7-9,11H,6H2,1-3H3. The lowest BCUT2D eigenvalue weighted by atomic mass is 9.87. The van der Waals surface area contributed by atoms with E-state index in [9.17, 15) is 4.39 Å². The third kappa shape index (κ3) is 3.64. The number of hydrogen-bond donors (Lipinski definition) is 0. The number of rotatable bonds is 4. The fourth-order valence-electron chi connectivity index (χ4n) is 1.87. The average molecular weight is 263 g/mol. The summed E-state index contributed by atoms with van der Waals surface area (Å²) in [6.07, 6.45) is 0.836. The predicted octanol–water partition coefficient (Wildman–Crippen LogP) is 4.92. The highest BCUT2D eigenvalue weighted by Crippen LogP contribution is 2.26. The van der Waals surface area contributed by atoms with Gasteiger partial charge in [0, 0.05) is 5.38 Å². The van der Waals surface area contributed by atoms with Crippen molar-refractivity contribution in [2.24, 2.45) is 11.8 Å². The maximum absolute atomic E-state index is 13.0. The predicted molar refractivity (Wildman–Crippen MR) is 68.8 cm³/mol. The van der Waals surface area contributed by atoms with E-state index in [2.05, 4.69) is 13.8 Å². The van der Waals surface area contributed by atoms with Gasteiger partial charge in [-0.3, -0.25) is 0 Å². The monoisotopic (exact) mass is 262 g/mol. The summed E-state index contributed by atoms with van der Waals surface area (Å²) < 4.78 is 13.0. The molecule has 0 aromatic heterocycles. The molecule has 2 unspecified atom stereocenters. The molecule has 1 aromatic carbocycles. The van der Waals surface area contributed by atoms with Crippen LogP contribution in [0.3, 0.4) is 0 Å². The van der Waals surface area contributed by atoms with E-state index in [1.165, 1.54) is 6.07 Å². The van der Waals surface area contributed by atoms with Crippen LogP contribution < -0.4 is 0 Å². The van der Waals surface area contributed by atoms with E-state index in [4.69, 9.17) is 23.2 Å². The first-order valence-electron chi connectivity index (χ1n) is 5.49. The summed E-state index contributed by atoms with van der Waals surface area (Å²) >= 11 is 11.9. The van der Waals surface area contributed by atoms with Crippen molar-refractivity contribution < 1.29 is 4.39 Å². The van der Waals surface area contributed by atoms with Gasteiger partial charge in [-0.2, -0.15) is 0 Å². The topological polar surface area (TPSA) is 0 Å². The zero-order valence-electron chi connectivity index (χ0n) is 9.81. The van der Waals surface area contributed by atoms with Crippen LogP contribution in [0.2, 0.25) is 5.02 Å². The quantitative estimate of drug-likeness (QED) is 0.676.